The molecule has 0 unspecified atom stereocenters. The highest BCUT2D eigenvalue weighted by Gasteiger charge is 2.21. The first-order chi connectivity index (χ1) is 11.2. The average Bonchev–Trinajstić information content (AvgIpc) is 2.95. The van der Waals surface area contributed by atoms with Gasteiger partial charge in [-0.3, -0.25) is 0 Å². The minimum Gasteiger partial charge on any atom is -0.482 e. The second kappa shape index (κ2) is 7.09. The molecule has 0 radical (unpaired) electrons. The number of halogens is 1. The third-order valence-corrected chi connectivity index (χ3v) is 3.37. The van der Waals surface area contributed by atoms with Crippen LogP contribution in [0.3, 0.4) is 0 Å². The molecule has 8 heteroatoms. The van der Waals surface area contributed by atoms with Crippen molar-refractivity contribution in [1.82, 2.24) is 15.0 Å². The molecule has 1 N–H and O–H groups in total. The molecule has 0 saturated carbocycles. The normalized spacial score (nSPS) is 11.2. The number of hydrogen-bond acceptors (Lipinski definition) is 5. The quantitative estimate of drug-likeness (QED) is 0.907. The summed E-state index contributed by atoms with van der Waals surface area (Å²) in [5.74, 6) is 1.46. The fourth-order valence-corrected chi connectivity index (χ4v) is 1.92. The summed E-state index contributed by atoms with van der Waals surface area (Å²) < 4.78 is 10.8. The molecule has 0 spiro atoms. The zero-order valence-electron chi connectivity index (χ0n) is 14.4. The smallest absolute Gasteiger partial charge is 0.321 e. The predicted octanol–water partition coefficient (Wildman–Crippen LogP) is 3.69. The van der Waals surface area contributed by atoms with Crippen LogP contribution in [0.15, 0.2) is 22.7 Å². The van der Waals surface area contributed by atoms with Gasteiger partial charge in [0.25, 0.3) is 5.89 Å². The number of ether oxygens (including phenoxy) is 1. The van der Waals surface area contributed by atoms with Crippen LogP contribution >= 0.6 is 11.6 Å². The number of urea groups is 1. The molecule has 0 aliphatic heterocycles. The molecule has 2 amide bonds. The Labute approximate surface area is 145 Å². The van der Waals surface area contributed by atoms with E-state index in [4.69, 9.17) is 20.9 Å². The maximum Gasteiger partial charge on any atom is 0.321 e. The summed E-state index contributed by atoms with van der Waals surface area (Å²) in [6.45, 7) is 6.12. The fraction of sp³-hybridized carbons (Fsp3) is 0.438. The number of nitrogens with one attached hydrogen (secondary N) is 1. The van der Waals surface area contributed by atoms with E-state index in [-0.39, 0.29) is 18.1 Å². The third-order valence-electron chi connectivity index (χ3n) is 3.08. The van der Waals surface area contributed by atoms with Crippen LogP contribution in [0, 0.1) is 0 Å². The van der Waals surface area contributed by atoms with Gasteiger partial charge in [-0.05, 0) is 18.2 Å². The van der Waals surface area contributed by atoms with Gasteiger partial charge in [-0.25, -0.2) is 4.79 Å². The highest BCUT2D eigenvalue weighted by atomic mass is 35.5. The molecule has 7 nitrogen and oxygen atoms in total. The van der Waals surface area contributed by atoms with E-state index in [9.17, 15) is 4.79 Å². The standard InChI is InChI=1S/C16H21ClN4O3/c1-16(2,3)14-19-13(24-20-14)9-23-12-7-6-10(8-11(12)17)18-15(22)21(4)5/h6-8H,9H2,1-5H3,(H,18,22). The minimum atomic E-state index is -0.236. The van der Waals surface area contributed by atoms with Gasteiger partial charge in [-0.15, -0.1) is 0 Å². The highest BCUT2D eigenvalue weighted by molar-refractivity contribution is 6.32. The van der Waals surface area contributed by atoms with Crippen LogP contribution in [0.5, 0.6) is 5.75 Å². The second-order valence-electron chi connectivity index (χ2n) is 6.52. The van der Waals surface area contributed by atoms with E-state index in [0.29, 0.717) is 28.2 Å². The Bertz CT molecular complexity index is 722. The van der Waals surface area contributed by atoms with Crippen molar-refractivity contribution in [3.05, 3.63) is 34.9 Å². The Hall–Kier alpha value is -2.28. The number of aromatic nitrogens is 2. The fourth-order valence-electron chi connectivity index (χ4n) is 1.69. The van der Waals surface area contributed by atoms with E-state index in [1.807, 2.05) is 20.8 Å². The average molecular weight is 353 g/mol. The number of carbonyl (C=O) groups is 1. The van der Waals surface area contributed by atoms with Crippen LogP contribution in [0.1, 0.15) is 32.5 Å². The molecule has 1 aromatic carbocycles. The van der Waals surface area contributed by atoms with Crippen molar-refractivity contribution in [1.29, 1.82) is 0 Å². The van der Waals surface area contributed by atoms with E-state index < -0.39 is 0 Å². The molecule has 1 aromatic heterocycles. The summed E-state index contributed by atoms with van der Waals surface area (Å²) in [7, 11) is 3.31. The monoisotopic (exact) mass is 352 g/mol. The zero-order valence-corrected chi connectivity index (χ0v) is 15.1. The van der Waals surface area contributed by atoms with Crippen LogP contribution in [-0.2, 0) is 12.0 Å². The van der Waals surface area contributed by atoms with Crippen molar-refractivity contribution in [3.8, 4) is 5.75 Å². The molecule has 2 rings (SSSR count). The summed E-state index contributed by atoms with van der Waals surface area (Å²) in [6.07, 6.45) is 0. The summed E-state index contributed by atoms with van der Waals surface area (Å²) in [6, 6.07) is 4.76. The van der Waals surface area contributed by atoms with Gasteiger partial charge in [-0.1, -0.05) is 37.5 Å². The topological polar surface area (TPSA) is 80.5 Å². The maximum atomic E-state index is 11.6. The van der Waals surface area contributed by atoms with Crippen molar-refractivity contribution in [3.63, 3.8) is 0 Å². The van der Waals surface area contributed by atoms with E-state index >= 15 is 0 Å². The first kappa shape index (κ1) is 18.1. The van der Waals surface area contributed by atoms with Crippen LogP contribution in [0.4, 0.5) is 10.5 Å². The molecule has 0 fully saturated rings. The summed E-state index contributed by atoms with van der Waals surface area (Å²) in [5.41, 5.74) is 0.393. The maximum absolute atomic E-state index is 11.6. The summed E-state index contributed by atoms with van der Waals surface area (Å²) in [4.78, 5) is 17.3. The lowest BCUT2D eigenvalue weighted by Crippen LogP contribution is -2.27. The van der Waals surface area contributed by atoms with Crippen molar-refractivity contribution in [2.75, 3.05) is 19.4 Å². The van der Waals surface area contributed by atoms with E-state index in [2.05, 4.69) is 15.5 Å². The number of carbonyl (C=O) groups excluding carboxylic acids is 1. The van der Waals surface area contributed by atoms with Crippen molar-refractivity contribution >= 4 is 23.3 Å². The molecule has 0 bridgehead atoms. The van der Waals surface area contributed by atoms with Gasteiger partial charge in [-0.2, -0.15) is 4.98 Å². The van der Waals surface area contributed by atoms with Gasteiger partial charge in [0.15, 0.2) is 12.4 Å². The number of benzene rings is 1. The first-order valence-corrected chi connectivity index (χ1v) is 7.78. The van der Waals surface area contributed by atoms with Gasteiger partial charge in [0.2, 0.25) is 0 Å². The number of amides is 2. The first-order valence-electron chi connectivity index (χ1n) is 7.40. The Kier molecular flexibility index (Phi) is 5.33. The number of anilines is 1. The predicted molar refractivity (Wildman–Crippen MR) is 91.5 cm³/mol. The molecule has 1 heterocycles. The molecular weight excluding hydrogens is 332 g/mol. The Morgan fingerprint density at radius 2 is 2.08 bits per heavy atom. The highest BCUT2D eigenvalue weighted by Crippen LogP contribution is 2.28. The van der Waals surface area contributed by atoms with Crippen molar-refractivity contribution < 1.29 is 14.1 Å². The molecule has 0 atom stereocenters. The van der Waals surface area contributed by atoms with Gasteiger partial charge in [0, 0.05) is 25.2 Å². The molecule has 2 aromatic rings. The summed E-state index contributed by atoms with van der Waals surface area (Å²) >= 11 is 6.18. The second-order valence-corrected chi connectivity index (χ2v) is 6.93. The van der Waals surface area contributed by atoms with E-state index in [1.54, 1.807) is 32.3 Å². The minimum absolute atomic E-state index is 0.117. The van der Waals surface area contributed by atoms with Gasteiger partial charge in [0.1, 0.15) is 5.75 Å². The van der Waals surface area contributed by atoms with E-state index in [0.717, 1.165) is 0 Å². The Morgan fingerprint density at radius 1 is 1.38 bits per heavy atom. The zero-order chi connectivity index (χ0) is 17.9. The SMILES string of the molecule is CN(C)C(=O)Nc1ccc(OCc2nc(C(C)(C)C)no2)c(Cl)c1. The molecule has 0 aliphatic rings. The lowest BCUT2D eigenvalue weighted by molar-refractivity contribution is 0.230. The van der Waals surface area contributed by atoms with Crippen LogP contribution in [0.2, 0.25) is 5.02 Å². The number of nitrogens with zero attached hydrogens (tertiary/aromatic N) is 3. The summed E-state index contributed by atoms with van der Waals surface area (Å²) in [5, 5.41) is 7.02. The van der Waals surface area contributed by atoms with E-state index in [1.165, 1.54) is 4.90 Å². The lowest BCUT2D eigenvalue weighted by atomic mass is 9.96. The van der Waals surface area contributed by atoms with Gasteiger partial charge >= 0.3 is 6.03 Å². The molecule has 130 valence electrons. The number of hydrogen-bond donors (Lipinski definition) is 1. The Balaban J connectivity index is 2.00. The largest absolute Gasteiger partial charge is 0.482 e. The molecule has 24 heavy (non-hydrogen) atoms. The van der Waals surface area contributed by atoms with Crippen LogP contribution in [0.25, 0.3) is 0 Å². The lowest BCUT2D eigenvalue weighted by Gasteiger charge is -2.13. The molecule has 0 saturated heterocycles. The van der Waals surface area contributed by atoms with Crippen molar-refractivity contribution in [2.45, 2.75) is 32.8 Å². The Morgan fingerprint density at radius 3 is 2.62 bits per heavy atom. The van der Waals surface area contributed by atoms with Crippen LogP contribution < -0.4 is 10.1 Å². The molecular formula is C16H21ClN4O3. The van der Waals surface area contributed by atoms with Crippen molar-refractivity contribution in [2.24, 2.45) is 0 Å². The van der Waals surface area contributed by atoms with Crippen LogP contribution in [-0.4, -0.2) is 35.2 Å². The number of rotatable bonds is 4. The molecule has 0 aliphatic carbocycles. The van der Waals surface area contributed by atoms with Gasteiger partial charge in [0.05, 0.1) is 5.02 Å². The third kappa shape index (κ3) is 4.61. The van der Waals surface area contributed by atoms with Gasteiger partial charge < -0.3 is 19.5 Å².